The fraction of sp³-hybridized carbons (Fsp3) is 0. The van der Waals surface area contributed by atoms with E-state index in [2.05, 4.69) is 174 Å². The van der Waals surface area contributed by atoms with E-state index in [9.17, 15) is 0 Å². The number of rotatable bonds is 6. The van der Waals surface area contributed by atoms with Crippen molar-refractivity contribution >= 4 is 144 Å². The van der Waals surface area contributed by atoms with Crippen molar-refractivity contribution in [1.82, 2.24) is 15.0 Å². The molecule has 5 aromatic heterocycles. The van der Waals surface area contributed by atoms with Crippen molar-refractivity contribution in [1.29, 1.82) is 0 Å². The van der Waals surface area contributed by atoms with Crippen LogP contribution in [-0.4, -0.2) is 15.0 Å². The lowest BCUT2D eigenvalue weighted by atomic mass is 9.99. The predicted molar refractivity (Wildman–Crippen MR) is 281 cm³/mol. The molecular formula is C61H35N5O3. The highest BCUT2D eigenvalue weighted by molar-refractivity contribution is 6.17. The van der Waals surface area contributed by atoms with E-state index in [1.807, 2.05) is 48.7 Å². The number of benzene rings is 10. The molecule has 10 aromatic carbocycles. The number of anilines is 6. The molecule has 322 valence electrons. The third kappa shape index (κ3) is 5.72. The number of aromatic nitrogens is 3. The fourth-order valence-corrected chi connectivity index (χ4v) is 10.6. The van der Waals surface area contributed by atoms with Crippen LogP contribution in [0.25, 0.3) is 109 Å². The van der Waals surface area contributed by atoms with Crippen molar-refractivity contribution in [3.8, 4) is 0 Å². The van der Waals surface area contributed by atoms with E-state index < -0.39 is 0 Å². The molecule has 69 heavy (non-hydrogen) atoms. The van der Waals surface area contributed by atoms with E-state index in [1.54, 1.807) is 0 Å². The van der Waals surface area contributed by atoms with Crippen LogP contribution in [0.2, 0.25) is 0 Å². The summed E-state index contributed by atoms with van der Waals surface area (Å²) in [5, 5.41) is 14.8. The molecule has 8 nitrogen and oxygen atoms in total. The Morgan fingerprint density at radius 3 is 1.35 bits per heavy atom. The van der Waals surface area contributed by atoms with Crippen LogP contribution in [0.3, 0.4) is 0 Å². The van der Waals surface area contributed by atoms with Crippen molar-refractivity contribution in [3.05, 3.63) is 212 Å². The Kier molecular flexibility index (Phi) is 7.91. The second-order valence-electron chi connectivity index (χ2n) is 17.6. The number of hydrogen-bond acceptors (Lipinski definition) is 8. The Labute approximate surface area is 392 Å². The molecule has 0 N–H and O–H groups in total. The first-order chi connectivity index (χ1) is 34.2. The van der Waals surface area contributed by atoms with Gasteiger partial charge in [0.15, 0.2) is 0 Å². The molecule has 0 spiro atoms. The van der Waals surface area contributed by atoms with Gasteiger partial charge in [-0.05, 0) is 93.0 Å². The van der Waals surface area contributed by atoms with Gasteiger partial charge in [-0.2, -0.15) is 9.97 Å². The maximum Gasteiger partial charge on any atom is 0.237 e. The summed E-state index contributed by atoms with van der Waals surface area (Å²) >= 11 is 0. The number of para-hydroxylation sites is 2. The summed E-state index contributed by atoms with van der Waals surface area (Å²) in [6.45, 7) is 0. The lowest BCUT2D eigenvalue weighted by molar-refractivity contribution is 0.639. The predicted octanol–water partition coefficient (Wildman–Crippen LogP) is 17.1. The first-order valence-corrected chi connectivity index (χ1v) is 23.0. The number of hydrogen-bond donors (Lipinski definition) is 0. The number of fused-ring (bicyclic) bond motifs is 15. The highest BCUT2D eigenvalue weighted by Gasteiger charge is 2.25. The molecular weight excluding hydrogens is 851 g/mol. The van der Waals surface area contributed by atoms with Crippen molar-refractivity contribution in [2.75, 3.05) is 9.80 Å². The lowest BCUT2D eigenvalue weighted by Gasteiger charge is -2.26. The molecule has 0 fully saturated rings. The number of furan rings is 3. The molecule has 15 aromatic rings. The molecule has 0 atom stereocenters. The van der Waals surface area contributed by atoms with E-state index in [-0.39, 0.29) is 0 Å². The lowest BCUT2D eigenvalue weighted by Crippen LogP contribution is -2.13. The Balaban J connectivity index is 0.933. The molecule has 0 aliphatic heterocycles. The van der Waals surface area contributed by atoms with Gasteiger partial charge in [0, 0.05) is 50.6 Å². The van der Waals surface area contributed by atoms with Gasteiger partial charge in [-0.3, -0.25) is 9.80 Å². The second kappa shape index (κ2) is 14.5. The zero-order valence-corrected chi connectivity index (χ0v) is 36.7. The van der Waals surface area contributed by atoms with E-state index in [1.165, 1.54) is 10.8 Å². The Morgan fingerprint density at radius 2 is 0.754 bits per heavy atom. The van der Waals surface area contributed by atoms with Crippen LogP contribution >= 0.6 is 0 Å². The van der Waals surface area contributed by atoms with Gasteiger partial charge in [0.05, 0.1) is 33.5 Å². The SMILES string of the molecule is c1ccc2c(c1)cc(N(c1ccc3c(c1)oc1ccccc13)c1ccc3c(n1)oc1nc(N(c4ccc5c(c4)oc4ccccc45)c4cc5ccccc5c5ccccc45)ncc13)c1ccccc12. The monoisotopic (exact) mass is 885 g/mol. The summed E-state index contributed by atoms with van der Waals surface area (Å²) in [6.07, 6.45) is 1.85. The van der Waals surface area contributed by atoms with Gasteiger partial charge in [-0.1, -0.05) is 133 Å². The summed E-state index contributed by atoms with van der Waals surface area (Å²) in [4.78, 5) is 20.0. The van der Waals surface area contributed by atoms with Gasteiger partial charge in [0.25, 0.3) is 0 Å². The van der Waals surface area contributed by atoms with Gasteiger partial charge in [0.2, 0.25) is 17.4 Å². The van der Waals surface area contributed by atoms with Gasteiger partial charge in [0.1, 0.15) is 28.1 Å². The van der Waals surface area contributed by atoms with Crippen LogP contribution in [0.4, 0.5) is 34.5 Å². The number of pyridine rings is 1. The molecule has 8 heteroatoms. The van der Waals surface area contributed by atoms with E-state index >= 15 is 0 Å². The second-order valence-corrected chi connectivity index (χ2v) is 17.6. The number of nitrogens with zero attached hydrogens (tertiary/aromatic N) is 5. The minimum Gasteiger partial charge on any atom is -0.456 e. The molecule has 5 heterocycles. The molecule has 0 unspecified atom stereocenters. The maximum atomic E-state index is 6.76. The molecule has 0 aliphatic carbocycles. The average molecular weight is 886 g/mol. The van der Waals surface area contributed by atoms with Gasteiger partial charge in [-0.25, -0.2) is 4.98 Å². The minimum atomic E-state index is 0.422. The molecule has 0 saturated carbocycles. The molecule has 0 saturated heterocycles. The molecule has 0 amide bonds. The summed E-state index contributed by atoms with van der Waals surface area (Å²) in [6, 6.07) is 71.6. The minimum absolute atomic E-state index is 0.422. The smallest absolute Gasteiger partial charge is 0.237 e. The molecule has 0 bridgehead atoms. The van der Waals surface area contributed by atoms with Gasteiger partial charge in [-0.15, -0.1) is 0 Å². The van der Waals surface area contributed by atoms with Crippen molar-refractivity contribution < 1.29 is 13.3 Å². The quantitative estimate of drug-likeness (QED) is 0.153. The Bertz CT molecular complexity index is 4320. The zero-order valence-electron chi connectivity index (χ0n) is 36.7. The topological polar surface area (TPSA) is 84.6 Å². The largest absolute Gasteiger partial charge is 0.456 e. The maximum absolute atomic E-state index is 6.76. The molecule has 0 radical (unpaired) electrons. The van der Waals surface area contributed by atoms with Crippen LogP contribution < -0.4 is 9.80 Å². The summed E-state index contributed by atoms with van der Waals surface area (Å²) in [7, 11) is 0. The van der Waals surface area contributed by atoms with Crippen LogP contribution in [0, 0.1) is 0 Å². The van der Waals surface area contributed by atoms with Crippen molar-refractivity contribution in [3.63, 3.8) is 0 Å². The summed E-state index contributed by atoms with van der Waals surface area (Å²) in [5.74, 6) is 1.12. The molecule has 15 rings (SSSR count). The normalized spacial score (nSPS) is 12.1. The zero-order chi connectivity index (χ0) is 45.2. The first-order valence-electron chi connectivity index (χ1n) is 23.0. The Morgan fingerprint density at radius 1 is 0.304 bits per heavy atom. The van der Waals surface area contributed by atoms with Crippen LogP contribution in [0.1, 0.15) is 0 Å². The van der Waals surface area contributed by atoms with E-state index in [0.717, 1.165) is 110 Å². The molecule has 0 aliphatic rings. The van der Waals surface area contributed by atoms with Gasteiger partial charge >= 0.3 is 0 Å². The van der Waals surface area contributed by atoms with Crippen molar-refractivity contribution in [2.24, 2.45) is 0 Å². The van der Waals surface area contributed by atoms with Crippen LogP contribution in [0.5, 0.6) is 0 Å². The van der Waals surface area contributed by atoms with Crippen molar-refractivity contribution in [2.45, 2.75) is 0 Å². The fourth-order valence-electron chi connectivity index (χ4n) is 10.6. The van der Waals surface area contributed by atoms with Gasteiger partial charge < -0.3 is 13.3 Å². The Hall–Kier alpha value is -9.53. The standard InChI is InChI=1S/C61H35N5O3/c1-3-15-40-36(13-1)31-52(44-19-7-5-17-42(40)44)65(38-25-27-48-46-21-9-11-23-54(46)67-56(48)33-38)58-30-29-50-51-35-62-61(64-60(51)69-59(50)63-58)66(39-26-28-49-47-22-10-12-24-55(47)68-57(49)34-39)53-32-37-14-2-4-16-41(37)43-18-6-8-20-45(43)53/h1-35H. The van der Waals surface area contributed by atoms with E-state index in [4.69, 9.17) is 28.2 Å². The van der Waals surface area contributed by atoms with Crippen LogP contribution in [-0.2, 0) is 0 Å². The average Bonchev–Trinajstić information content (AvgIpc) is 4.09. The van der Waals surface area contributed by atoms with E-state index in [0.29, 0.717) is 23.2 Å². The third-order valence-corrected chi connectivity index (χ3v) is 13.7. The highest BCUT2D eigenvalue weighted by Crippen LogP contribution is 2.46. The highest BCUT2D eigenvalue weighted by atomic mass is 16.4. The van der Waals surface area contributed by atoms with Crippen LogP contribution in [0.15, 0.2) is 226 Å². The summed E-state index contributed by atoms with van der Waals surface area (Å²) < 4.78 is 19.7. The third-order valence-electron chi connectivity index (χ3n) is 13.7. The first kappa shape index (κ1) is 37.7. The summed E-state index contributed by atoms with van der Waals surface area (Å²) in [5.41, 5.74) is 7.75.